The summed E-state index contributed by atoms with van der Waals surface area (Å²) in [6.45, 7) is 4.15. The number of H-pyrrole nitrogens is 1. The van der Waals surface area contributed by atoms with Gasteiger partial charge in [-0.25, -0.2) is 4.39 Å². The first-order valence-corrected chi connectivity index (χ1v) is 9.16. The summed E-state index contributed by atoms with van der Waals surface area (Å²) in [5.41, 5.74) is 4.51. The van der Waals surface area contributed by atoms with Crippen LogP contribution in [0.25, 0.3) is 5.69 Å². The van der Waals surface area contributed by atoms with Crippen molar-refractivity contribution < 1.29 is 4.39 Å². The highest BCUT2D eigenvalue weighted by atomic mass is 32.2. The first-order valence-electron chi connectivity index (χ1n) is 7.60. The molecule has 0 fully saturated rings. The Kier molecular flexibility index (Phi) is 5.16. The van der Waals surface area contributed by atoms with Gasteiger partial charge in [-0.3, -0.25) is 9.67 Å². The summed E-state index contributed by atoms with van der Waals surface area (Å²) in [6, 6.07) is 12.9. The molecule has 0 aliphatic heterocycles. The summed E-state index contributed by atoms with van der Waals surface area (Å²) in [5.74, 6) is 2.20. The van der Waals surface area contributed by atoms with Crippen LogP contribution in [-0.2, 0) is 11.5 Å². The van der Waals surface area contributed by atoms with E-state index in [9.17, 15) is 4.39 Å². The maximum absolute atomic E-state index is 12.9. The number of aromatic amines is 1. The van der Waals surface area contributed by atoms with E-state index in [0.717, 1.165) is 28.6 Å². The first kappa shape index (κ1) is 16.9. The van der Waals surface area contributed by atoms with Gasteiger partial charge in [0, 0.05) is 5.75 Å². The topological polar surface area (TPSA) is 33.6 Å². The van der Waals surface area contributed by atoms with Crippen LogP contribution in [0.15, 0.2) is 42.5 Å². The van der Waals surface area contributed by atoms with Crippen LogP contribution in [0.3, 0.4) is 0 Å². The third kappa shape index (κ3) is 3.94. The van der Waals surface area contributed by atoms with Crippen LogP contribution >= 0.6 is 24.0 Å². The summed E-state index contributed by atoms with van der Waals surface area (Å²) in [4.78, 5) is 0. The lowest BCUT2D eigenvalue weighted by Crippen LogP contribution is -2.01. The Hall–Kier alpha value is -1.92. The second-order valence-electron chi connectivity index (χ2n) is 5.75. The number of hydrogen-bond acceptors (Lipinski definition) is 3. The van der Waals surface area contributed by atoms with Gasteiger partial charge in [-0.15, -0.1) is 11.8 Å². The van der Waals surface area contributed by atoms with Crippen LogP contribution in [0.2, 0.25) is 0 Å². The molecule has 3 aromatic rings. The van der Waals surface area contributed by atoms with Crippen molar-refractivity contribution >= 4 is 24.0 Å². The molecule has 0 atom stereocenters. The van der Waals surface area contributed by atoms with Gasteiger partial charge in [0.05, 0.1) is 11.4 Å². The van der Waals surface area contributed by atoms with Gasteiger partial charge >= 0.3 is 0 Å². The summed E-state index contributed by atoms with van der Waals surface area (Å²) < 4.78 is 15.5. The standard InChI is InChI=1S/C18H18FN3S2/c1-12-7-13(2)9-16(8-12)22-17(20-21-18(22)23)11-24-10-14-3-5-15(19)6-4-14/h3-9H,10-11H2,1-2H3,(H,21,23). The molecule has 0 amide bonds. The molecule has 3 rings (SSSR count). The zero-order valence-corrected chi connectivity index (χ0v) is 15.2. The summed E-state index contributed by atoms with van der Waals surface area (Å²) in [5, 5.41) is 7.25. The number of nitrogens with zero attached hydrogens (tertiary/aromatic N) is 2. The van der Waals surface area contributed by atoms with Crippen LogP contribution in [-0.4, -0.2) is 14.8 Å². The molecule has 1 N–H and O–H groups in total. The number of aryl methyl sites for hydroxylation is 2. The molecule has 0 spiro atoms. The summed E-state index contributed by atoms with van der Waals surface area (Å²) in [6.07, 6.45) is 0. The van der Waals surface area contributed by atoms with E-state index in [-0.39, 0.29) is 5.82 Å². The van der Waals surface area contributed by atoms with Gasteiger partial charge in [-0.1, -0.05) is 18.2 Å². The predicted octanol–water partition coefficient (Wildman–Crippen LogP) is 5.12. The molecule has 1 heterocycles. The van der Waals surface area contributed by atoms with Crippen molar-refractivity contribution in [2.75, 3.05) is 0 Å². The molecule has 0 bridgehead atoms. The molecule has 0 saturated carbocycles. The van der Waals surface area contributed by atoms with Crippen molar-refractivity contribution in [3.8, 4) is 5.69 Å². The van der Waals surface area contributed by atoms with Crippen LogP contribution in [0.1, 0.15) is 22.5 Å². The van der Waals surface area contributed by atoms with E-state index in [1.54, 1.807) is 11.8 Å². The minimum absolute atomic E-state index is 0.209. The quantitative estimate of drug-likeness (QED) is 0.642. The van der Waals surface area contributed by atoms with Crippen molar-refractivity contribution in [1.29, 1.82) is 0 Å². The Balaban J connectivity index is 1.77. The Morgan fingerprint density at radius 2 is 1.75 bits per heavy atom. The van der Waals surface area contributed by atoms with Gasteiger partial charge in [0.2, 0.25) is 0 Å². The van der Waals surface area contributed by atoms with Crippen molar-refractivity contribution in [2.24, 2.45) is 0 Å². The third-order valence-corrected chi connectivity index (χ3v) is 4.89. The Labute approximate surface area is 149 Å². The van der Waals surface area contributed by atoms with Gasteiger partial charge in [-0.2, -0.15) is 5.10 Å². The van der Waals surface area contributed by atoms with Crippen molar-refractivity contribution in [1.82, 2.24) is 14.8 Å². The smallest absolute Gasteiger partial charge is 0.199 e. The number of halogens is 1. The average Bonchev–Trinajstić information content (AvgIpc) is 2.89. The van der Waals surface area contributed by atoms with E-state index in [4.69, 9.17) is 12.2 Å². The van der Waals surface area contributed by atoms with Crippen molar-refractivity contribution in [2.45, 2.75) is 25.4 Å². The lowest BCUT2D eigenvalue weighted by atomic mass is 10.1. The zero-order valence-electron chi connectivity index (χ0n) is 13.5. The highest BCUT2D eigenvalue weighted by Crippen LogP contribution is 2.21. The monoisotopic (exact) mass is 359 g/mol. The molecule has 1 aromatic heterocycles. The Bertz CT molecular complexity index is 877. The first-order chi connectivity index (χ1) is 11.5. The molecule has 0 unspecified atom stereocenters. The fourth-order valence-corrected chi connectivity index (χ4v) is 3.78. The van der Waals surface area contributed by atoms with Crippen LogP contribution < -0.4 is 0 Å². The predicted molar refractivity (Wildman–Crippen MR) is 99.6 cm³/mol. The normalized spacial score (nSPS) is 11.0. The van der Waals surface area contributed by atoms with Gasteiger partial charge in [0.15, 0.2) is 4.77 Å². The van der Waals surface area contributed by atoms with Crippen molar-refractivity contribution in [3.63, 3.8) is 0 Å². The lowest BCUT2D eigenvalue weighted by Gasteiger charge is -2.09. The van der Waals surface area contributed by atoms with E-state index < -0.39 is 0 Å². The lowest BCUT2D eigenvalue weighted by molar-refractivity contribution is 0.627. The summed E-state index contributed by atoms with van der Waals surface area (Å²) in [7, 11) is 0. The van der Waals surface area contributed by atoms with Gasteiger partial charge < -0.3 is 0 Å². The van der Waals surface area contributed by atoms with E-state index in [1.807, 2.05) is 16.7 Å². The fourth-order valence-electron chi connectivity index (χ4n) is 2.61. The average molecular weight is 359 g/mol. The SMILES string of the molecule is Cc1cc(C)cc(-n2c(CSCc3ccc(F)cc3)n[nH]c2=S)c1. The maximum atomic E-state index is 12.9. The number of hydrogen-bond donors (Lipinski definition) is 1. The number of aromatic nitrogens is 3. The van der Waals surface area contributed by atoms with E-state index in [1.165, 1.54) is 23.3 Å². The molecule has 0 aliphatic rings. The summed E-state index contributed by atoms with van der Waals surface area (Å²) >= 11 is 7.12. The molecular weight excluding hydrogens is 341 g/mol. The van der Waals surface area contributed by atoms with Crippen molar-refractivity contribution in [3.05, 3.63) is 75.6 Å². The van der Waals surface area contributed by atoms with E-state index in [2.05, 4.69) is 42.2 Å². The number of thioether (sulfide) groups is 1. The van der Waals surface area contributed by atoms with Gasteiger partial charge in [0.1, 0.15) is 11.6 Å². The molecule has 0 aliphatic carbocycles. The Morgan fingerprint density at radius 3 is 2.42 bits per heavy atom. The third-order valence-electron chi connectivity index (χ3n) is 3.62. The number of nitrogens with one attached hydrogen (secondary N) is 1. The second-order valence-corrected chi connectivity index (χ2v) is 7.12. The highest BCUT2D eigenvalue weighted by Gasteiger charge is 2.09. The molecule has 24 heavy (non-hydrogen) atoms. The molecule has 6 heteroatoms. The fraction of sp³-hybridized carbons (Fsp3) is 0.222. The number of benzene rings is 2. The Morgan fingerprint density at radius 1 is 1.08 bits per heavy atom. The molecule has 2 aromatic carbocycles. The zero-order chi connectivity index (χ0) is 17.1. The molecule has 0 saturated heterocycles. The molecule has 124 valence electrons. The van der Waals surface area contributed by atoms with E-state index in [0.29, 0.717) is 4.77 Å². The maximum Gasteiger partial charge on any atom is 0.199 e. The highest BCUT2D eigenvalue weighted by molar-refractivity contribution is 7.97. The largest absolute Gasteiger partial charge is 0.271 e. The van der Waals surface area contributed by atoms with Crippen LogP contribution in [0.5, 0.6) is 0 Å². The number of rotatable bonds is 5. The minimum Gasteiger partial charge on any atom is -0.271 e. The molecule has 3 nitrogen and oxygen atoms in total. The van der Waals surface area contributed by atoms with Gasteiger partial charge in [-0.05, 0) is 67.0 Å². The second kappa shape index (κ2) is 7.32. The van der Waals surface area contributed by atoms with Gasteiger partial charge in [0.25, 0.3) is 0 Å². The molecule has 0 radical (unpaired) electrons. The van der Waals surface area contributed by atoms with Crippen LogP contribution in [0.4, 0.5) is 4.39 Å². The minimum atomic E-state index is -0.209. The molecular formula is C18H18FN3S2. The van der Waals surface area contributed by atoms with Crippen LogP contribution in [0, 0.1) is 24.4 Å². The van der Waals surface area contributed by atoms with E-state index >= 15 is 0 Å².